The Morgan fingerprint density at radius 1 is 1.10 bits per heavy atom. The lowest BCUT2D eigenvalue weighted by Gasteiger charge is -2.52. The van der Waals surface area contributed by atoms with Gasteiger partial charge in [0.25, 0.3) is 0 Å². The SMILES string of the molecule is CC12CCC(=O)C=C1CCC1C2=CCC2(C)C(=C=CS(=O)c3ccccc3)CCC12. The predicted molar refractivity (Wildman–Crippen MR) is 121 cm³/mol. The molecule has 0 saturated heterocycles. The topological polar surface area (TPSA) is 34.1 Å². The van der Waals surface area contributed by atoms with E-state index in [0.717, 1.165) is 37.0 Å². The summed E-state index contributed by atoms with van der Waals surface area (Å²) in [6.45, 7) is 4.78. The molecule has 30 heavy (non-hydrogen) atoms. The molecular formula is C27H30O2S. The molecule has 0 radical (unpaired) electrons. The van der Waals surface area contributed by atoms with Gasteiger partial charge in [-0.3, -0.25) is 4.79 Å². The predicted octanol–water partition coefficient (Wildman–Crippen LogP) is 6.29. The smallest absolute Gasteiger partial charge is 0.155 e. The monoisotopic (exact) mass is 418 g/mol. The Morgan fingerprint density at radius 3 is 2.70 bits per heavy atom. The molecule has 5 unspecified atom stereocenters. The second-order valence-electron chi connectivity index (χ2n) is 9.89. The zero-order valence-electron chi connectivity index (χ0n) is 17.9. The molecule has 4 aliphatic carbocycles. The summed E-state index contributed by atoms with van der Waals surface area (Å²) in [6.07, 6.45) is 11.6. The van der Waals surface area contributed by atoms with E-state index in [9.17, 15) is 9.00 Å². The zero-order valence-corrected chi connectivity index (χ0v) is 18.8. The fourth-order valence-corrected chi connectivity index (χ4v) is 7.47. The fraction of sp³-hybridized carbons (Fsp3) is 0.481. The van der Waals surface area contributed by atoms with Crippen molar-refractivity contribution in [2.45, 2.75) is 63.7 Å². The first-order valence-electron chi connectivity index (χ1n) is 11.3. The van der Waals surface area contributed by atoms with Crippen LogP contribution >= 0.6 is 0 Å². The van der Waals surface area contributed by atoms with Crippen LogP contribution in [0.25, 0.3) is 0 Å². The second kappa shape index (κ2) is 7.32. The van der Waals surface area contributed by atoms with Crippen molar-refractivity contribution in [2.75, 3.05) is 0 Å². The standard InChI is InChI=1S/C27H30O2S/c1-26-16-13-25-23(10-8-20-18-21(28)12-15-27(20,25)2)24(26)11-9-19(26)14-17-30(29)22-6-4-3-5-7-22/h3-7,13,17-18,23-24H,8-12,15-16H2,1-2H3. The van der Waals surface area contributed by atoms with Crippen molar-refractivity contribution in [3.63, 3.8) is 0 Å². The van der Waals surface area contributed by atoms with E-state index >= 15 is 0 Å². The third-order valence-corrected chi connectivity index (χ3v) is 9.51. The molecule has 4 aliphatic rings. The van der Waals surface area contributed by atoms with E-state index in [4.69, 9.17) is 0 Å². The summed E-state index contributed by atoms with van der Waals surface area (Å²) < 4.78 is 12.7. The number of hydrogen-bond donors (Lipinski definition) is 0. The molecule has 2 nitrogen and oxygen atoms in total. The van der Waals surface area contributed by atoms with Gasteiger partial charge in [-0.05, 0) is 74.1 Å². The van der Waals surface area contributed by atoms with Crippen LogP contribution in [-0.2, 0) is 15.6 Å². The molecule has 0 heterocycles. The van der Waals surface area contributed by atoms with Gasteiger partial charge in [-0.25, -0.2) is 4.21 Å². The number of carbonyl (C=O) groups is 1. The van der Waals surface area contributed by atoms with Crippen molar-refractivity contribution >= 4 is 16.6 Å². The van der Waals surface area contributed by atoms with E-state index in [-0.39, 0.29) is 10.8 Å². The molecule has 5 atom stereocenters. The molecule has 0 amide bonds. The molecule has 3 heteroatoms. The minimum absolute atomic E-state index is 0.0925. The summed E-state index contributed by atoms with van der Waals surface area (Å²) in [7, 11) is -1.15. The lowest BCUT2D eigenvalue weighted by molar-refractivity contribution is -0.115. The van der Waals surface area contributed by atoms with Crippen LogP contribution < -0.4 is 0 Å². The maximum Gasteiger partial charge on any atom is 0.155 e. The molecule has 0 aromatic heterocycles. The highest BCUT2D eigenvalue weighted by Gasteiger charge is 2.54. The van der Waals surface area contributed by atoms with Crippen LogP contribution in [0.1, 0.15) is 58.8 Å². The molecule has 0 spiro atoms. The number of benzene rings is 1. The largest absolute Gasteiger partial charge is 0.295 e. The normalized spacial score (nSPS) is 35.9. The Hall–Kier alpha value is -1.96. The van der Waals surface area contributed by atoms with Gasteiger partial charge in [-0.15, -0.1) is 5.73 Å². The van der Waals surface area contributed by atoms with Gasteiger partial charge < -0.3 is 0 Å². The van der Waals surface area contributed by atoms with E-state index in [1.54, 1.807) is 11.0 Å². The van der Waals surface area contributed by atoms with Crippen molar-refractivity contribution in [3.8, 4) is 0 Å². The first kappa shape index (κ1) is 20.0. The van der Waals surface area contributed by atoms with Crippen molar-refractivity contribution < 1.29 is 9.00 Å². The first-order chi connectivity index (χ1) is 14.4. The Morgan fingerprint density at radius 2 is 1.90 bits per heavy atom. The second-order valence-corrected chi connectivity index (χ2v) is 11.2. The Balaban J connectivity index is 1.47. The molecule has 2 saturated carbocycles. The van der Waals surface area contributed by atoms with Gasteiger partial charge in [0.15, 0.2) is 5.78 Å². The van der Waals surface area contributed by atoms with Crippen LogP contribution in [0.15, 0.2) is 75.2 Å². The van der Waals surface area contributed by atoms with Crippen molar-refractivity contribution in [1.29, 1.82) is 0 Å². The van der Waals surface area contributed by atoms with Crippen LogP contribution in [0.5, 0.6) is 0 Å². The van der Waals surface area contributed by atoms with Gasteiger partial charge in [0.05, 0.1) is 10.8 Å². The Kier molecular flexibility index (Phi) is 4.87. The minimum Gasteiger partial charge on any atom is -0.295 e. The summed E-state index contributed by atoms with van der Waals surface area (Å²) in [5, 5.41) is 1.77. The van der Waals surface area contributed by atoms with E-state index in [1.165, 1.54) is 17.6 Å². The third kappa shape index (κ3) is 3.06. The van der Waals surface area contributed by atoms with Crippen LogP contribution in [0.4, 0.5) is 0 Å². The Labute approximate surface area is 182 Å². The van der Waals surface area contributed by atoms with Crippen LogP contribution in [-0.4, -0.2) is 9.99 Å². The van der Waals surface area contributed by atoms with E-state index in [0.29, 0.717) is 24.0 Å². The van der Waals surface area contributed by atoms with E-state index in [2.05, 4.69) is 25.7 Å². The third-order valence-electron chi connectivity index (χ3n) is 8.44. The number of rotatable bonds is 2. The highest BCUT2D eigenvalue weighted by atomic mass is 32.2. The number of carbonyl (C=O) groups excluding carboxylic acids is 1. The maximum absolute atomic E-state index is 12.7. The lowest BCUT2D eigenvalue weighted by Crippen LogP contribution is -2.43. The van der Waals surface area contributed by atoms with Crippen molar-refractivity contribution in [3.05, 3.63) is 70.3 Å². The molecule has 0 N–H and O–H groups in total. The summed E-state index contributed by atoms with van der Waals surface area (Å²) in [5.41, 5.74) is 8.03. The molecule has 1 aromatic rings. The Bertz CT molecular complexity index is 1040. The summed E-state index contributed by atoms with van der Waals surface area (Å²) in [4.78, 5) is 12.8. The number of fused-ring (bicyclic) bond motifs is 5. The molecular weight excluding hydrogens is 388 g/mol. The van der Waals surface area contributed by atoms with Crippen LogP contribution in [0, 0.1) is 22.7 Å². The first-order valence-corrected chi connectivity index (χ1v) is 12.5. The molecule has 5 rings (SSSR count). The van der Waals surface area contributed by atoms with Gasteiger partial charge >= 0.3 is 0 Å². The van der Waals surface area contributed by atoms with Gasteiger partial charge in [-0.2, -0.15) is 0 Å². The summed E-state index contributed by atoms with van der Waals surface area (Å²) in [6, 6.07) is 9.64. The van der Waals surface area contributed by atoms with Crippen molar-refractivity contribution in [1.82, 2.24) is 0 Å². The van der Waals surface area contributed by atoms with E-state index in [1.807, 2.05) is 36.4 Å². The molecule has 0 aliphatic heterocycles. The number of allylic oxidation sites excluding steroid dienone is 5. The summed E-state index contributed by atoms with van der Waals surface area (Å²) in [5.74, 6) is 1.55. The number of ketones is 1. The van der Waals surface area contributed by atoms with Crippen LogP contribution in [0.2, 0.25) is 0 Å². The number of hydrogen-bond acceptors (Lipinski definition) is 2. The van der Waals surface area contributed by atoms with Crippen molar-refractivity contribution in [2.24, 2.45) is 22.7 Å². The van der Waals surface area contributed by atoms with Crippen LogP contribution in [0.3, 0.4) is 0 Å². The molecule has 0 bridgehead atoms. The molecule has 2 fully saturated rings. The van der Waals surface area contributed by atoms with Gasteiger partial charge in [0.2, 0.25) is 0 Å². The quantitative estimate of drug-likeness (QED) is 0.418. The average Bonchev–Trinajstić information content (AvgIpc) is 3.09. The van der Waals surface area contributed by atoms with Gasteiger partial charge in [0, 0.05) is 27.6 Å². The molecule has 156 valence electrons. The van der Waals surface area contributed by atoms with E-state index < -0.39 is 10.8 Å². The highest BCUT2D eigenvalue weighted by molar-refractivity contribution is 7.88. The van der Waals surface area contributed by atoms with Gasteiger partial charge in [0.1, 0.15) is 0 Å². The zero-order chi connectivity index (χ0) is 20.9. The minimum atomic E-state index is -1.15. The summed E-state index contributed by atoms with van der Waals surface area (Å²) >= 11 is 0. The average molecular weight is 419 g/mol. The maximum atomic E-state index is 12.7. The highest BCUT2D eigenvalue weighted by Crippen LogP contribution is 2.64. The van der Waals surface area contributed by atoms with Gasteiger partial charge in [-0.1, -0.05) is 49.3 Å². The lowest BCUT2D eigenvalue weighted by atomic mass is 9.52. The molecule has 1 aromatic carbocycles. The fourth-order valence-electron chi connectivity index (χ4n) is 6.66.